The summed E-state index contributed by atoms with van der Waals surface area (Å²) in [4.78, 5) is 10.5. The fraction of sp³-hybridized carbons (Fsp3) is 0.750. The molecule has 0 aromatic rings. The van der Waals surface area contributed by atoms with Gasteiger partial charge in [-0.1, -0.05) is 44.8 Å². The Morgan fingerprint density at radius 3 is 2.43 bits per heavy atom. The highest BCUT2D eigenvalue weighted by Crippen LogP contribution is 2.14. The first kappa shape index (κ1) is 13.2. The van der Waals surface area contributed by atoms with Gasteiger partial charge in [-0.2, -0.15) is 0 Å². The van der Waals surface area contributed by atoms with Crippen molar-refractivity contribution in [3.63, 3.8) is 0 Å². The van der Waals surface area contributed by atoms with Crippen molar-refractivity contribution in [2.45, 2.75) is 58.8 Å². The molecule has 0 saturated heterocycles. The second-order valence-electron chi connectivity index (χ2n) is 3.65. The Hall–Kier alpha value is -0.790. The van der Waals surface area contributed by atoms with Gasteiger partial charge in [0.15, 0.2) is 0 Å². The number of hydrogen-bond acceptors (Lipinski definition) is 1. The van der Waals surface area contributed by atoms with Gasteiger partial charge in [0.2, 0.25) is 0 Å². The molecular weight excluding hydrogens is 176 g/mol. The first-order valence-corrected chi connectivity index (χ1v) is 5.60. The Bertz CT molecular complexity index is 183. The summed E-state index contributed by atoms with van der Waals surface area (Å²) in [6.45, 7) is 4.23. The van der Waals surface area contributed by atoms with Crippen molar-refractivity contribution in [3.05, 3.63) is 11.6 Å². The molecule has 0 saturated carbocycles. The molecular formula is C12H22O2. The zero-order valence-electron chi connectivity index (χ0n) is 9.38. The standard InChI is InChI=1S/C12H22O2/c1-3-5-6-7-9-11(8-4-2)10-12(13)14/h8H,3-7,9-10H2,1-2H3,(H,13,14). The number of hydrogen-bond donors (Lipinski definition) is 1. The van der Waals surface area contributed by atoms with Gasteiger partial charge in [0, 0.05) is 0 Å². The van der Waals surface area contributed by atoms with Gasteiger partial charge in [-0.25, -0.2) is 0 Å². The van der Waals surface area contributed by atoms with Crippen LogP contribution in [0.1, 0.15) is 58.8 Å². The topological polar surface area (TPSA) is 37.3 Å². The average Bonchev–Trinajstić information content (AvgIpc) is 2.12. The molecule has 14 heavy (non-hydrogen) atoms. The number of carboxylic acid groups (broad SMARTS) is 1. The quantitative estimate of drug-likeness (QED) is 0.476. The minimum Gasteiger partial charge on any atom is -0.481 e. The molecule has 82 valence electrons. The summed E-state index contributed by atoms with van der Waals surface area (Å²) in [5, 5.41) is 8.67. The van der Waals surface area contributed by atoms with Crippen LogP contribution in [-0.4, -0.2) is 11.1 Å². The van der Waals surface area contributed by atoms with Crippen LogP contribution in [0.15, 0.2) is 11.6 Å². The summed E-state index contributed by atoms with van der Waals surface area (Å²) in [5.41, 5.74) is 1.09. The van der Waals surface area contributed by atoms with Crippen molar-refractivity contribution in [1.82, 2.24) is 0 Å². The molecule has 0 rings (SSSR count). The fourth-order valence-corrected chi connectivity index (χ4v) is 1.52. The van der Waals surface area contributed by atoms with Crippen LogP contribution in [0.3, 0.4) is 0 Å². The summed E-state index contributed by atoms with van der Waals surface area (Å²) >= 11 is 0. The third kappa shape index (κ3) is 7.84. The van der Waals surface area contributed by atoms with Crippen molar-refractivity contribution in [2.75, 3.05) is 0 Å². The van der Waals surface area contributed by atoms with Crippen LogP contribution in [0.5, 0.6) is 0 Å². The number of unbranched alkanes of at least 4 members (excludes halogenated alkanes) is 3. The lowest BCUT2D eigenvalue weighted by Crippen LogP contribution is -1.97. The van der Waals surface area contributed by atoms with E-state index in [-0.39, 0.29) is 6.42 Å². The van der Waals surface area contributed by atoms with Crippen LogP contribution in [0.2, 0.25) is 0 Å². The monoisotopic (exact) mass is 198 g/mol. The van der Waals surface area contributed by atoms with Gasteiger partial charge in [-0.15, -0.1) is 0 Å². The lowest BCUT2D eigenvalue weighted by Gasteiger charge is -2.04. The first-order valence-electron chi connectivity index (χ1n) is 5.60. The molecule has 0 unspecified atom stereocenters. The van der Waals surface area contributed by atoms with Crippen LogP contribution in [0.25, 0.3) is 0 Å². The van der Waals surface area contributed by atoms with Gasteiger partial charge in [0.05, 0.1) is 6.42 Å². The highest BCUT2D eigenvalue weighted by Gasteiger charge is 2.02. The second-order valence-corrected chi connectivity index (χ2v) is 3.65. The first-order chi connectivity index (χ1) is 6.70. The molecule has 0 aromatic heterocycles. The summed E-state index contributed by atoms with van der Waals surface area (Å²) < 4.78 is 0. The van der Waals surface area contributed by atoms with Gasteiger partial charge in [0.1, 0.15) is 0 Å². The molecule has 0 aliphatic carbocycles. The van der Waals surface area contributed by atoms with Gasteiger partial charge < -0.3 is 5.11 Å². The molecule has 0 fully saturated rings. The van der Waals surface area contributed by atoms with E-state index in [1.165, 1.54) is 19.3 Å². The van der Waals surface area contributed by atoms with Crippen LogP contribution in [0.4, 0.5) is 0 Å². The van der Waals surface area contributed by atoms with Crippen LogP contribution < -0.4 is 0 Å². The molecule has 0 aliphatic rings. The minimum atomic E-state index is -0.708. The Kier molecular flexibility index (Phi) is 8.30. The van der Waals surface area contributed by atoms with Gasteiger partial charge >= 0.3 is 5.97 Å². The lowest BCUT2D eigenvalue weighted by atomic mass is 10.0. The molecule has 0 aliphatic heterocycles. The van der Waals surface area contributed by atoms with Gasteiger partial charge in [0.25, 0.3) is 0 Å². The molecule has 0 bridgehead atoms. The molecule has 0 heterocycles. The van der Waals surface area contributed by atoms with Crippen molar-refractivity contribution in [2.24, 2.45) is 0 Å². The largest absolute Gasteiger partial charge is 0.481 e. The maximum absolute atomic E-state index is 10.5. The summed E-state index contributed by atoms with van der Waals surface area (Å²) in [6, 6.07) is 0. The van der Waals surface area contributed by atoms with Crippen molar-refractivity contribution < 1.29 is 9.90 Å². The van der Waals surface area contributed by atoms with Crippen molar-refractivity contribution in [3.8, 4) is 0 Å². The summed E-state index contributed by atoms with van der Waals surface area (Å²) in [6.07, 6.45) is 9.01. The maximum atomic E-state index is 10.5. The molecule has 2 heteroatoms. The molecule has 0 amide bonds. The highest BCUT2D eigenvalue weighted by atomic mass is 16.4. The maximum Gasteiger partial charge on any atom is 0.307 e. The number of carbonyl (C=O) groups is 1. The smallest absolute Gasteiger partial charge is 0.307 e. The lowest BCUT2D eigenvalue weighted by molar-refractivity contribution is -0.136. The summed E-state index contributed by atoms with van der Waals surface area (Å²) in [7, 11) is 0. The van der Waals surface area contributed by atoms with E-state index in [2.05, 4.69) is 13.0 Å². The second kappa shape index (κ2) is 8.79. The third-order valence-electron chi connectivity index (χ3n) is 2.22. The Morgan fingerprint density at radius 2 is 1.93 bits per heavy atom. The minimum absolute atomic E-state index is 0.222. The van der Waals surface area contributed by atoms with E-state index >= 15 is 0 Å². The predicted molar refractivity (Wildman–Crippen MR) is 59.4 cm³/mol. The van der Waals surface area contributed by atoms with Crippen molar-refractivity contribution in [1.29, 1.82) is 0 Å². The summed E-state index contributed by atoms with van der Waals surface area (Å²) in [5.74, 6) is -0.708. The van der Waals surface area contributed by atoms with Gasteiger partial charge in [-0.3, -0.25) is 4.79 Å². The molecule has 1 N–H and O–H groups in total. The number of carboxylic acids is 1. The molecule has 0 aromatic carbocycles. The number of rotatable bonds is 8. The average molecular weight is 198 g/mol. The van der Waals surface area contributed by atoms with Crippen LogP contribution >= 0.6 is 0 Å². The van der Waals surface area contributed by atoms with Crippen molar-refractivity contribution >= 4 is 5.97 Å². The van der Waals surface area contributed by atoms with Gasteiger partial charge in [-0.05, 0) is 19.3 Å². The SMILES string of the molecule is CCC=C(CCCCCC)CC(=O)O. The van der Waals surface area contributed by atoms with E-state index in [9.17, 15) is 4.79 Å². The normalized spacial score (nSPS) is 11.7. The van der Waals surface area contributed by atoms with E-state index in [4.69, 9.17) is 5.11 Å². The molecule has 0 spiro atoms. The third-order valence-corrected chi connectivity index (χ3v) is 2.22. The van der Waals surface area contributed by atoms with E-state index in [1.807, 2.05) is 6.92 Å². The number of aliphatic carboxylic acids is 1. The number of allylic oxidation sites excluding steroid dienone is 1. The Labute approximate surface area is 87.0 Å². The van der Waals surface area contributed by atoms with Crippen LogP contribution in [0, 0.1) is 0 Å². The predicted octanol–water partition coefficient (Wildman–Crippen LogP) is 3.77. The Balaban J connectivity index is 3.74. The molecule has 2 nitrogen and oxygen atoms in total. The zero-order chi connectivity index (χ0) is 10.8. The fourth-order valence-electron chi connectivity index (χ4n) is 1.52. The Morgan fingerprint density at radius 1 is 1.21 bits per heavy atom. The molecule has 0 atom stereocenters. The highest BCUT2D eigenvalue weighted by molar-refractivity contribution is 5.69. The zero-order valence-corrected chi connectivity index (χ0v) is 9.38. The van der Waals surface area contributed by atoms with E-state index in [0.29, 0.717) is 0 Å². The van der Waals surface area contributed by atoms with E-state index in [1.54, 1.807) is 0 Å². The van der Waals surface area contributed by atoms with E-state index < -0.39 is 5.97 Å². The van der Waals surface area contributed by atoms with Crippen LogP contribution in [-0.2, 0) is 4.79 Å². The molecule has 0 radical (unpaired) electrons. The van der Waals surface area contributed by atoms with E-state index in [0.717, 1.165) is 24.8 Å².